The van der Waals surface area contributed by atoms with Crippen LogP contribution >= 0.6 is 20.8 Å². The Balaban J connectivity index is 1.74. The molecule has 0 atom stereocenters. The summed E-state index contributed by atoms with van der Waals surface area (Å²) in [5, 5.41) is 1.17. The van der Waals surface area contributed by atoms with E-state index in [2.05, 4.69) is 138 Å². The van der Waals surface area contributed by atoms with Crippen molar-refractivity contribution >= 4 is 36.7 Å². The van der Waals surface area contributed by atoms with Crippen molar-refractivity contribution in [2.45, 2.75) is 51.6 Å². The molecule has 176 valence electrons. The molecule has 4 aromatic rings. The normalized spacial score (nSPS) is 12.7. The molecule has 2 heteroatoms. The first-order valence-corrected chi connectivity index (χ1v) is 17.1. The average molecular weight is 532 g/mol. The van der Waals surface area contributed by atoms with E-state index in [1.165, 1.54) is 65.6 Å². The third-order valence-corrected chi connectivity index (χ3v) is 16.5. The van der Waals surface area contributed by atoms with Gasteiger partial charge < -0.3 is 0 Å². The molecule has 0 aliphatic carbocycles. The van der Waals surface area contributed by atoms with Gasteiger partial charge in [0.1, 0.15) is 0 Å². The van der Waals surface area contributed by atoms with Crippen LogP contribution in [0, 0.1) is 0 Å². The van der Waals surface area contributed by atoms with Crippen molar-refractivity contribution in [3.05, 3.63) is 126 Å². The molecular formula is C32H36BrP. The van der Waals surface area contributed by atoms with Crippen molar-refractivity contribution in [3.8, 4) is 0 Å². The zero-order chi connectivity index (χ0) is 23.7. The molecule has 4 aromatic carbocycles. The van der Waals surface area contributed by atoms with Crippen LogP contribution in [0.2, 0.25) is 0 Å². The Hall–Kier alpha value is -2.21. The first-order valence-electron chi connectivity index (χ1n) is 12.6. The van der Waals surface area contributed by atoms with Crippen LogP contribution in [0.15, 0.2) is 115 Å². The molecule has 0 nitrogen and oxygen atoms in total. The predicted molar refractivity (Wildman–Crippen MR) is 157 cm³/mol. The van der Waals surface area contributed by atoms with E-state index in [4.69, 9.17) is 0 Å². The summed E-state index contributed by atoms with van der Waals surface area (Å²) in [6.45, 7) is 2.28. The van der Waals surface area contributed by atoms with Gasteiger partial charge in [-0.3, -0.25) is 0 Å². The third-order valence-electron chi connectivity index (χ3n) is 6.96. The molecule has 0 N–H and O–H groups in total. The van der Waals surface area contributed by atoms with Crippen molar-refractivity contribution in [1.29, 1.82) is 0 Å². The van der Waals surface area contributed by atoms with E-state index in [0.717, 1.165) is 6.16 Å². The standard InChI is InChI=1S/C32H36BrP/c1-2-3-4-5-9-16-28-23-25-29(26-24-28)27-34(33,30-17-10-6-11-18-30,31-19-12-7-13-20-31)32-21-14-8-15-22-32/h6-8,10-15,17-26H,2-5,9,16,27H2,1H3. The van der Waals surface area contributed by atoms with Gasteiger partial charge in [-0.25, -0.2) is 0 Å². The number of aryl methyl sites for hydroxylation is 1. The molecule has 4 rings (SSSR count). The minimum atomic E-state index is -2.93. The summed E-state index contributed by atoms with van der Waals surface area (Å²) in [4.78, 5) is 0. The molecule has 0 heterocycles. The monoisotopic (exact) mass is 530 g/mol. The Morgan fingerprint density at radius 2 is 0.912 bits per heavy atom. The van der Waals surface area contributed by atoms with Gasteiger partial charge in [0, 0.05) is 0 Å². The average Bonchev–Trinajstić information content (AvgIpc) is 2.91. The van der Waals surface area contributed by atoms with Gasteiger partial charge in [-0.15, -0.1) is 0 Å². The fourth-order valence-electron chi connectivity index (χ4n) is 5.02. The summed E-state index contributed by atoms with van der Waals surface area (Å²) in [5.41, 5.74) is 2.83. The van der Waals surface area contributed by atoms with Gasteiger partial charge in [0.15, 0.2) is 0 Å². The number of hydrogen-bond donors (Lipinski definition) is 0. The fourth-order valence-corrected chi connectivity index (χ4v) is 12.7. The van der Waals surface area contributed by atoms with Gasteiger partial charge in [0.25, 0.3) is 0 Å². The first kappa shape index (κ1) is 24.9. The summed E-state index contributed by atoms with van der Waals surface area (Å²) < 4.78 is 0. The molecule has 0 aliphatic rings. The maximum atomic E-state index is 4.57. The van der Waals surface area contributed by atoms with Crippen molar-refractivity contribution in [1.82, 2.24) is 0 Å². The molecule has 0 aliphatic heterocycles. The maximum absolute atomic E-state index is 4.57. The number of unbranched alkanes of at least 4 members (excludes halogenated alkanes) is 4. The van der Waals surface area contributed by atoms with Crippen LogP contribution in [0.1, 0.15) is 50.2 Å². The molecule has 0 fully saturated rings. The van der Waals surface area contributed by atoms with Crippen LogP contribution < -0.4 is 15.9 Å². The van der Waals surface area contributed by atoms with Crippen molar-refractivity contribution < 1.29 is 0 Å². The van der Waals surface area contributed by atoms with Crippen LogP contribution in [0.3, 0.4) is 0 Å². The van der Waals surface area contributed by atoms with Crippen molar-refractivity contribution in [2.75, 3.05) is 0 Å². The first-order chi connectivity index (χ1) is 16.6. The predicted octanol–water partition coefficient (Wildman–Crippen LogP) is 8.54. The Labute approximate surface area is 214 Å². The van der Waals surface area contributed by atoms with Crippen LogP contribution in [-0.2, 0) is 12.6 Å². The van der Waals surface area contributed by atoms with Crippen LogP contribution in [0.5, 0.6) is 0 Å². The SMILES string of the molecule is CCCCCCCc1ccc(CP(Br)(c2ccccc2)(c2ccccc2)c2ccccc2)cc1. The summed E-state index contributed by atoms with van der Waals surface area (Å²) in [6, 6.07) is 42.6. The second kappa shape index (κ2) is 11.5. The van der Waals surface area contributed by atoms with Gasteiger partial charge in [-0.05, 0) is 0 Å². The van der Waals surface area contributed by atoms with Gasteiger partial charge >= 0.3 is 215 Å². The van der Waals surface area contributed by atoms with E-state index in [1.54, 1.807) is 0 Å². The summed E-state index contributed by atoms with van der Waals surface area (Å²) in [5.74, 6) is 0. The van der Waals surface area contributed by atoms with E-state index >= 15 is 0 Å². The molecule has 0 saturated heterocycles. The number of rotatable bonds is 11. The minimum absolute atomic E-state index is 0.945. The Morgan fingerprint density at radius 1 is 0.500 bits per heavy atom. The van der Waals surface area contributed by atoms with Crippen molar-refractivity contribution in [3.63, 3.8) is 0 Å². The molecule has 0 amide bonds. The van der Waals surface area contributed by atoms with Crippen LogP contribution in [-0.4, -0.2) is 0 Å². The Morgan fingerprint density at radius 3 is 1.35 bits per heavy atom. The van der Waals surface area contributed by atoms with Gasteiger partial charge in [-0.1, -0.05) is 0 Å². The Kier molecular flexibility index (Phi) is 8.41. The fraction of sp³-hybridized carbons (Fsp3) is 0.250. The van der Waals surface area contributed by atoms with Gasteiger partial charge in [-0.2, -0.15) is 0 Å². The second-order valence-electron chi connectivity index (χ2n) is 9.33. The summed E-state index contributed by atoms with van der Waals surface area (Å²) in [7, 11) is 0. The quantitative estimate of drug-likeness (QED) is 0.134. The topological polar surface area (TPSA) is 0 Å². The number of benzene rings is 4. The number of halogens is 1. The molecule has 0 spiro atoms. The molecular weight excluding hydrogens is 495 g/mol. The molecule has 0 radical (unpaired) electrons. The zero-order valence-corrected chi connectivity index (χ0v) is 22.7. The Bertz CT molecular complexity index is 1040. The van der Waals surface area contributed by atoms with Crippen LogP contribution in [0.4, 0.5) is 0 Å². The van der Waals surface area contributed by atoms with Crippen LogP contribution in [0.25, 0.3) is 0 Å². The van der Waals surface area contributed by atoms with E-state index in [-0.39, 0.29) is 0 Å². The molecule has 0 saturated carbocycles. The van der Waals surface area contributed by atoms with E-state index in [1.807, 2.05) is 0 Å². The third kappa shape index (κ3) is 5.22. The van der Waals surface area contributed by atoms with E-state index in [9.17, 15) is 0 Å². The van der Waals surface area contributed by atoms with E-state index in [0.29, 0.717) is 0 Å². The zero-order valence-electron chi connectivity index (χ0n) is 20.2. The van der Waals surface area contributed by atoms with Gasteiger partial charge in [0.05, 0.1) is 0 Å². The van der Waals surface area contributed by atoms with E-state index < -0.39 is 5.31 Å². The number of hydrogen-bond acceptors (Lipinski definition) is 0. The molecule has 0 unspecified atom stereocenters. The molecule has 34 heavy (non-hydrogen) atoms. The summed E-state index contributed by atoms with van der Waals surface area (Å²) >= 11 is 4.57. The molecule has 0 aromatic heterocycles. The molecule has 0 bridgehead atoms. The summed E-state index contributed by atoms with van der Waals surface area (Å²) in [6.07, 6.45) is 8.77. The van der Waals surface area contributed by atoms with Crippen molar-refractivity contribution in [2.24, 2.45) is 0 Å². The second-order valence-corrected chi connectivity index (χ2v) is 18.3. The van der Waals surface area contributed by atoms with Gasteiger partial charge in [0.2, 0.25) is 0 Å².